The van der Waals surface area contributed by atoms with Gasteiger partial charge in [0.2, 0.25) is 0 Å². The van der Waals surface area contributed by atoms with E-state index in [9.17, 15) is 9.90 Å². The van der Waals surface area contributed by atoms with E-state index < -0.39 is 5.97 Å². The second kappa shape index (κ2) is 12.6. The molecule has 6 atom stereocenters. The molecule has 4 heterocycles. The van der Waals surface area contributed by atoms with E-state index in [1.165, 1.54) is 57.9 Å². The first kappa shape index (κ1) is 29.5. The van der Waals surface area contributed by atoms with Crippen LogP contribution in [0.25, 0.3) is 21.8 Å². The third kappa shape index (κ3) is 5.59. The maximum absolute atomic E-state index is 11.6. The highest BCUT2D eigenvalue weighted by Crippen LogP contribution is 2.45. The molecular weight excluding hydrogens is 532 g/mol. The summed E-state index contributed by atoms with van der Waals surface area (Å²) in [5.74, 6) is 0.830. The molecule has 0 saturated carbocycles. The van der Waals surface area contributed by atoms with Crippen LogP contribution in [0.5, 0.6) is 0 Å². The van der Waals surface area contributed by atoms with Gasteiger partial charge in [-0.25, -0.2) is 0 Å². The Bertz CT molecular complexity index is 1620. The predicted octanol–water partition coefficient (Wildman–Crippen LogP) is 7.16. The predicted molar refractivity (Wildman–Crippen MR) is 177 cm³/mol. The van der Waals surface area contributed by atoms with E-state index in [0.29, 0.717) is 30.5 Å². The van der Waals surface area contributed by atoms with E-state index in [0.717, 1.165) is 31.7 Å². The summed E-state index contributed by atoms with van der Waals surface area (Å²) in [6.45, 7) is 14.3. The number of aromatic amines is 2. The van der Waals surface area contributed by atoms with Gasteiger partial charge in [-0.2, -0.15) is 0 Å². The number of allylic oxidation sites excluding steroid dienone is 1. The lowest BCUT2D eigenvalue weighted by molar-refractivity contribution is -0.144. The van der Waals surface area contributed by atoms with E-state index in [1.807, 2.05) is 12.2 Å². The summed E-state index contributed by atoms with van der Waals surface area (Å²) in [6.07, 6.45) is 13.4. The van der Waals surface area contributed by atoms with Gasteiger partial charge in [-0.3, -0.25) is 9.69 Å². The number of carboxylic acids is 1. The molecule has 0 amide bonds. The number of H-pyrrole nitrogens is 2. The first-order valence-corrected chi connectivity index (χ1v) is 16.0. The number of benzene rings is 2. The van der Waals surface area contributed by atoms with Crippen molar-refractivity contribution in [3.8, 4) is 0 Å². The molecule has 2 aromatic carbocycles. The quantitative estimate of drug-likeness (QED) is 0.194. The number of likely N-dealkylation sites (tertiary alicyclic amines) is 1. The number of nitrogens with one attached hydrogen (secondary N) is 3. The molecule has 2 aliphatic heterocycles. The lowest BCUT2D eigenvalue weighted by atomic mass is 9.72. The standard InChI is InChI=1S/C18H20N2O2.C15H18N2.C4H8/c1-2-6-20-10-12(18(21)22)7-14-13-4-3-5-15-17(13)11(9-19-15)8-16(14)20;1-9-5-12-11-3-2-4-13-15(11)10(8-17-13)6-14(12)16-7-9;1-3-4-2/h2-5,9,12,14,16,19H,1,6-8,10H2,(H,21,22);2-4,8-9,12,14,16-17H,5-7H2,1H3;3H,1,4H2,2H3/t12-,14-,16-;9-,12-,14-;/m11./s1. The zero-order chi connectivity index (χ0) is 30.1. The molecule has 0 unspecified atom stereocenters. The first-order chi connectivity index (χ1) is 20.9. The highest BCUT2D eigenvalue weighted by Gasteiger charge is 2.42. The van der Waals surface area contributed by atoms with Gasteiger partial charge in [0, 0.05) is 71.2 Å². The van der Waals surface area contributed by atoms with Crippen molar-refractivity contribution in [2.45, 2.75) is 69.9 Å². The highest BCUT2D eigenvalue weighted by atomic mass is 16.4. The summed E-state index contributed by atoms with van der Waals surface area (Å²) in [5, 5.41) is 16.1. The van der Waals surface area contributed by atoms with Crippen molar-refractivity contribution in [2.75, 3.05) is 19.6 Å². The van der Waals surface area contributed by atoms with Crippen molar-refractivity contribution in [2.24, 2.45) is 11.8 Å². The maximum atomic E-state index is 11.6. The maximum Gasteiger partial charge on any atom is 0.307 e. The van der Waals surface area contributed by atoms with Crippen molar-refractivity contribution in [3.63, 3.8) is 0 Å². The van der Waals surface area contributed by atoms with Crippen LogP contribution in [0, 0.1) is 11.8 Å². The van der Waals surface area contributed by atoms with Crippen LogP contribution < -0.4 is 5.32 Å². The molecular formula is C37H46N4O2. The summed E-state index contributed by atoms with van der Waals surface area (Å²) in [6, 6.07) is 14.1. The van der Waals surface area contributed by atoms with Crippen molar-refractivity contribution in [1.82, 2.24) is 20.2 Å². The van der Waals surface area contributed by atoms with Crippen LogP contribution >= 0.6 is 0 Å². The molecule has 2 aromatic heterocycles. The zero-order valence-electron chi connectivity index (χ0n) is 25.6. The lowest BCUT2D eigenvalue weighted by Crippen LogP contribution is -2.51. The fourth-order valence-corrected chi connectivity index (χ4v) is 8.08. The number of carbonyl (C=O) groups is 1. The van der Waals surface area contributed by atoms with Crippen LogP contribution in [0.3, 0.4) is 0 Å². The van der Waals surface area contributed by atoms with Gasteiger partial charge in [0.05, 0.1) is 5.92 Å². The van der Waals surface area contributed by atoms with Gasteiger partial charge >= 0.3 is 5.97 Å². The van der Waals surface area contributed by atoms with Crippen molar-refractivity contribution < 1.29 is 9.90 Å². The number of fused-ring (bicyclic) bond motifs is 4. The third-order valence-corrected chi connectivity index (χ3v) is 10.1. The summed E-state index contributed by atoms with van der Waals surface area (Å²) >= 11 is 0. The molecule has 0 spiro atoms. The van der Waals surface area contributed by atoms with Gasteiger partial charge in [0.25, 0.3) is 0 Å². The van der Waals surface area contributed by atoms with Crippen LogP contribution in [0.1, 0.15) is 67.2 Å². The minimum atomic E-state index is -0.681. The number of aromatic nitrogens is 2. The average Bonchev–Trinajstić information content (AvgIpc) is 3.64. The Morgan fingerprint density at radius 3 is 2.19 bits per heavy atom. The fraction of sp³-hybridized carbons (Fsp3) is 0.432. The molecule has 0 radical (unpaired) electrons. The van der Waals surface area contributed by atoms with Crippen LogP contribution in [0.2, 0.25) is 0 Å². The summed E-state index contributed by atoms with van der Waals surface area (Å²) < 4.78 is 0. The fourth-order valence-electron chi connectivity index (χ4n) is 8.08. The van der Waals surface area contributed by atoms with Gasteiger partial charge in [0.15, 0.2) is 0 Å². The number of piperidine rings is 2. The number of rotatable bonds is 4. The zero-order valence-corrected chi connectivity index (χ0v) is 25.6. The van der Waals surface area contributed by atoms with Crippen molar-refractivity contribution in [1.29, 1.82) is 0 Å². The molecule has 43 heavy (non-hydrogen) atoms. The van der Waals surface area contributed by atoms with Gasteiger partial charge in [0.1, 0.15) is 0 Å². The minimum Gasteiger partial charge on any atom is -0.481 e. The summed E-state index contributed by atoms with van der Waals surface area (Å²) in [7, 11) is 0. The van der Waals surface area contributed by atoms with Crippen molar-refractivity contribution >= 4 is 27.8 Å². The average molecular weight is 579 g/mol. The molecule has 2 aliphatic carbocycles. The van der Waals surface area contributed by atoms with E-state index in [1.54, 1.807) is 5.56 Å². The lowest BCUT2D eigenvalue weighted by Gasteiger charge is -2.45. The Kier molecular flexibility index (Phi) is 8.60. The summed E-state index contributed by atoms with van der Waals surface area (Å²) in [5.41, 5.74) is 8.21. The SMILES string of the molecule is C=CCC.C=CCN1C[C@H](C(=O)O)C[C@@H]2c3cccc4[nH]cc(c34)C[C@H]21.C[C@H]1CN[C@@H]2Cc3c[nH]c4cccc(c34)[C@H]2C1. The molecule has 2 fully saturated rings. The van der Waals surface area contributed by atoms with E-state index in [4.69, 9.17) is 0 Å². The Balaban J connectivity index is 0.000000140. The van der Waals surface area contributed by atoms with Crippen LogP contribution in [0.15, 0.2) is 74.1 Å². The Morgan fingerprint density at radius 2 is 1.58 bits per heavy atom. The molecule has 0 bridgehead atoms. The number of nitrogens with zero attached hydrogens (tertiary/aromatic N) is 1. The largest absolute Gasteiger partial charge is 0.481 e. The van der Waals surface area contributed by atoms with E-state index in [-0.39, 0.29) is 5.92 Å². The Labute approximate surface area is 255 Å². The monoisotopic (exact) mass is 578 g/mol. The molecule has 4 N–H and O–H groups in total. The summed E-state index contributed by atoms with van der Waals surface area (Å²) in [4.78, 5) is 20.6. The molecule has 8 rings (SSSR count). The molecule has 2 saturated heterocycles. The van der Waals surface area contributed by atoms with Gasteiger partial charge in [-0.15, -0.1) is 13.2 Å². The number of hydrogen-bond acceptors (Lipinski definition) is 3. The van der Waals surface area contributed by atoms with E-state index in [2.05, 4.69) is 96.0 Å². The Hall–Kier alpha value is -3.61. The topological polar surface area (TPSA) is 84.2 Å². The van der Waals surface area contributed by atoms with Gasteiger partial charge in [-0.05, 0) is 79.0 Å². The molecule has 6 heteroatoms. The van der Waals surface area contributed by atoms with Crippen LogP contribution in [-0.2, 0) is 17.6 Å². The van der Waals surface area contributed by atoms with Crippen LogP contribution in [0.4, 0.5) is 0 Å². The number of carboxylic acid groups (broad SMARTS) is 1. The molecule has 226 valence electrons. The number of aliphatic carboxylic acids is 1. The molecule has 4 aromatic rings. The highest BCUT2D eigenvalue weighted by molar-refractivity contribution is 5.89. The van der Waals surface area contributed by atoms with Crippen LogP contribution in [-0.4, -0.2) is 57.7 Å². The first-order valence-electron chi connectivity index (χ1n) is 16.0. The van der Waals surface area contributed by atoms with E-state index >= 15 is 0 Å². The van der Waals surface area contributed by atoms with Gasteiger partial charge < -0.3 is 20.4 Å². The second-order valence-electron chi connectivity index (χ2n) is 12.9. The normalized spacial score (nSPS) is 27.1. The van der Waals surface area contributed by atoms with Crippen molar-refractivity contribution in [3.05, 3.63) is 96.4 Å². The minimum absolute atomic E-state index is 0.293. The molecule has 6 nitrogen and oxygen atoms in total. The Morgan fingerprint density at radius 1 is 0.953 bits per heavy atom. The number of hydrogen-bond donors (Lipinski definition) is 4. The molecule has 4 aliphatic rings. The van der Waals surface area contributed by atoms with Gasteiger partial charge in [-0.1, -0.05) is 50.3 Å². The second-order valence-corrected chi connectivity index (χ2v) is 12.9. The third-order valence-electron chi connectivity index (χ3n) is 10.1. The smallest absolute Gasteiger partial charge is 0.307 e.